The van der Waals surface area contributed by atoms with Gasteiger partial charge in [-0.05, 0) is 22.9 Å². The highest BCUT2D eigenvalue weighted by Crippen LogP contribution is 2.31. The molecule has 1 aromatic rings. The van der Waals surface area contributed by atoms with Crippen molar-refractivity contribution < 1.29 is 0 Å². The van der Waals surface area contributed by atoms with Crippen LogP contribution in [0.2, 0.25) is 0 Å². The highest BCUT2D eigenvalue weighted by atomic mass is 79.9. The Morgan fingerprint density at radius 2 is 2.24 bits per heavy atom. The standard InChI is InChI=1S/C11H16BrN3OS/c1-7-8(2)17-5-4-15(7)9-6-13-14(3)11(16)10(9)12/h6-8H,4-5H2,1-3H3. The van der Waals surface area contributed by atoms with Crippen LogP contribution in [0.3, 0.4) is 0 Å². The van der Waals surface area contributed by atoms with Crippen LogP contribution in [-0.2, 0) is 7.05 Å². The van der Waals surface area contributed by atoms with Crippen LogP contribution in [0.5, 0.6) is 0 Å². The van der Waals surface area contributed by atoms with Crippen molar-refractivity contribution in [1.29, 1.82) is 0 Å². The van der Waals surface area contributed by atoms with Gasteiger partial charge in [0, 0.05) is 30.6 Å². The first-order valence-corrected chi connectivity index (χ1v) is 7.46. The number of thioether (sulfide) groups is 1. The third kappa shape index (κ3) is 2.38. The van der Waals surface area contributed by atoms with Gasteiger partial charge in [-0.15, -0.1) is 0 Å². The number of hydrogen-bond acceptors (Lipinski definition) is 4. The molecule has 1 aliphatic heterocycles. The number of aromatic nitrogens is 2. The Kier molecular flexibility index (Phi) is 3.82. The topological polar surface area (TPSA) is 38.1 Å². The van der Waals surface area contributed by atoms with Crippen LogP contribution >= 0.6 is 27.7 Å². The Hall–Kier alpha value is -0.490. The minimum atomic E-state index is -0.0828. The van der Waals surface area contributed by atoms with Crippen molar-refractivity contribution in [3.05, 3.63) is 21.0 Å². The summed E-state index contributed by atoms with van der Waals surface area (Å²) in [7, 11) is 1.66. The van der Waals surface area contributed by atoms with Crippen LogP contribution in [0.1, 0.15) is 13.8 Å². The SMILES string of the molecule is CC1SCCN(c2cnn(C)c(=O)c2Br)C1C. The lowest BCUT2D eigenvalue weighted by Gasteiger charge is -2.39. The second-order valence-electron chi connectivity index (χ2n) is 4.28. The summed E-state index contributed by atoms with van der Waals surface area (Å²) in [5, 5.41) is 4.67. The molecule has 1 aliphatic rings. The van der Waals surface area contributed by atoms with E-state index in [0.717, 1.165) is 18.0 Å². The molecule has 0 aliphatic carbocycles. The molecule has 1 fully saturated rings. The number of anilines is 1. The van der Waals surface area contributed by atoms with E-state index < -0.39 is 0 Å². The number of rotatable bonds is 1. The zero-order valence-electron chi connectivity index (χ0n) is 10.2. The van der Waals surface area contributed by atoms with Crippen molar-refractivity contribution >= 4 is 33.4 Å². The lowest BCUT2D eigenvalue weighted by Crippen LogP contribution is -2.45. The molecule has 0 amide bonds. The minimum Gasteiger partial charge on any atom is -0.365 e. The van der Waals surface area contributed by atoms with Gasteiger partial charge in [0.2, 0.25) is 0 Å². The molecular formula is C11H16BrN3OS. The number of nitrogens with zero attached hydrogens (tertiary/aromatic N) is 3. The molecule has 2 heterocycles. The molecule has 0 aromatic carbocycles. The van der Waals surface area contributed by atoms with Gasteiger partial charge < -0.3 is 4.90 Å². The summed E-state index contributed by atoms with van der Waals surface area (Å²) < 4.78 is 1.96. The van der Waals surface area contributed by atoms with Crippen molar-refractivity contribution in [2.24, 2.45) is 7.05 Å². The van der Waals surface area contributed by atoms with Crippen LogP contribution in [0, 0.1) is 0 Å². The van der Waals surface area contributed by atoms with E-state index in [9.17, 15) is 4.79 Å². The summed E-state index contributed by atoms with van der Waals surface area (Å²) >= 11 is 5.37. The minimum absolute atomic E-state index is 0.0828. The van der Waals surface area contributed by atoms with E-state index in [4.69, 9.17) is 0 Å². The fraction of sp³-hybridized carbons (Fsp3) is 0.636. The largest absolute Gasteiger partial charge is 0.365 e. The molecule has 0 N–H and O–H groups in total. The van der Waals surface area contributed by atoms with Crippen LogP contribution in [0.4, 0.5) is 5.69 Å². The van der Waals surface area contributed by atoms with Crippen LogP contribution in [0.25, 0.3) is 0 Å². The lowest BCUT2D eigenvalue weighted by molar-refractivity contribution is 0.616. The van der Waals surface area contributed by atoms with Gasteiger partial charge in [-0.25, -0.2) is 4.68 Å². The summed E-state index contributed by atoms with van der Waals surface area (Å²) in [5.74, 6) is 1.09. The van der Waals surface area contributed by atoms with Gasteiger partial charge in [0.15, 0.2) is 0 Å². The van der Waals surface area contributed by atoms with Gasteiger partial charge in [-0.2, -0.15) is 16.9 Å². The summed E-state index contributed by atoms with van der Waals surface area (Å²) in [6, 6.07) is 0.416. The predicted octanol–water partition coefficient (Wildman–Crippen LogP) is 1.87. The van der Waals surface area contributed by atoms with E-state index in [-0.39, 0.29) is 5.56 Å². The van der Waals surface area contributed by atoms with E-state index in [0.29, 0.717) is 15.8 Å². The Morgan fingerprint density at radius 1 is 1.53 bits per heavy atom. The highest BCUT2D eigenvalue weighted by molar-refractivity contribution is 9.10. The first kappa shape index (κ1) is 13.0. The first-order valence-electron chi connectivity index (χ1n) is 5.62. The Balaban J connectivity index is 2.40. The van der Waals surface area contributed by atoms with E-state index in [1.807, 2.05) is 11.8 Å². The maximum Gasteiger partial charge on any atom is 0.282 e. The summed E-state index contributed by atoms with van der Waals surface area (Å²) in [6.45, 7) is 5.38. The Morgan fingerprint density at radius 3 is 2.94 bits per heavy atom. The molecule has 0 saturated carbocycles. The Labute approximate surface area is 114 Å². The lowest BCUT2D eigenvalue weighted by atomic mass is 10.2. The average molecular weight is 318 g/mol. The Bertz CT molecular complexity index is 476. The summed E-state index contributed by atoms with van der Waals surface area (Å²) in [6.07, 6.45) is 1.77. The number of halogens is 1. The normalized spacial score (nSPS) is 25.1. The van der Waals surface area contributed by atoms with E-state index in [2.05, 4.69) is 39.8 Å². The van der Waals surface area contributed by atoms with Crippen molar-refractivity contribution in [2.45, 2.75) is 25.1 Å². The second-order valence-corrected chi connectivity index (χ2v) is 6.56. The monoisotopic (exact) mass is 317 g/mol. The highest BCUT2D eigenvalue weighted by Gasteiger charge is 2.27. The molecule has 2 unspecified atom stereocenters. The van der Waals surface area contributed by atoms with Gasteiger partial charge in [0.05, 0.1) is 11.9 Å². The van der Waals surface area contributed by atoms with Gasteiger partial charge in [0.1, 0.15) is 4.47 Å². The molecule has 6 heteroatoms. The second kappa shape index (κ2) is 5.02. The zero-order chi connectivity index (χ0) is 12.6. The molecule has 2 atom stereocenters. The predicted molar refractivity (Wildman–Crippen MR) is 75.9 cm³/mol. The van der Waals surface area contributed by atoms with E-state index in [1.165, 1.54) is 4.68 Å². The third-order valence-corrected chi connectivity index (χ3v) is 5.34. The van der Waals surface area contributed by atoms with Crippen LogP contribution < -0.4 is 10.5 Å². The van der Waals surface area contributed by atoms with E-state index in [1.54, 1.807) is 13.2 Å². The zero-order valence-corrected chi connectivity index (χ0v) is 12.6. The van der Waals surface area contributed by atoms with Crippen molar-refractivity contribution in [2.75, 3.05) is 17.2 Å². The number of aryl methyl sites for hydroxylation is 1. The van der Waals surface area contributed by atoms with Gasteiger partial charge in [0.25, 0.3) is 5.56 Å². The maximum absolute atomic E-state index is 11.8. The molecule has 17 heavy (non-hydrogen) atoms. The molecule has 0 radical (unpaired) electrons. The average Bonchev–Trinajstić information content (AvgIpc) is 2.31. The van der Waals surface area contributed by atoms with Crippen LogP contribution in [0.15, 0.2) is 15.5 Å². The summed E-state index contributed by atoms with van der Waals surface area (Å²) in [5.41, 5.74) is 0.827. The smallest absolute Gasteiger partial charge is 0.282 e. The molecule has 0 spiro atoms. The number of hydrogen-bond donors (Lipinski definition) is 0. The molecule has 1 aromatic heterocycles. The quantitative estimate of drug-likeness (QED) is 0.792. The molecular weight excluding hydrogens is 302 g/mol. The van der Waals surface area contributed by atoms with Gasteiger partial charge in [-0.1, -0.05) is 6.92 Å². The van der Waals surface area contributed by atoms with Crippen molar-refractivity contribution in [1.82, 2.24) is 9.78 Å². The van der Waals surface area contributed by atoms with Gasteiger partial charge >= 0.3 is 0 Å². The van der Waals surface area contributed by atoms with Crippen LogP contribution in [-0.4, -0.2) is 33.4 Å². The first-order chi connectivity index (χ1) is 8.02. The fourth-order valence-corrected chi connectivity index (χ4v) is 3.66. The molecule has 2 rings (SSSR count). The maximum atomic E-state index is 11.8. The third-order valence-electron chi connectivity index (χ3n) is 3.25. The van der Waals surface area contributed by atoms with Gasteiger partial charge in [-0.3, -0.25) is 4.79 Å². The molecule has 4 nitrogen and oxygen atoms in total. The van der Waals surface area contributed by atoms with Crippen molar-refractivity contribution in [3.8, 4) is 0 Å². The molecule has 94 valence electrons. The van der Waals surface area contributed by atoms with Crippen molar-refractivity contribution in [3.63, 3.8) is 0 Å². The molecule has 0 bridgehead atoms. The molecule has 1 saturated heterocycles. The fourth-order valence-electron chi connectivity index (χ4n) is 1.98. The summed E-state index contributed by atoms with van der Waals surface area (Å²) in [4.78, 5) is 14.1. The van der Waals surface area contributed by atoms with E-state index >= 15 is 0 Å².